The van der Waals surface area contributed by atoms with Gasteiger partial charge in [-0.2, -0.15) is 5.26 Å². The van der Waals surface area contributed by atoms with Crippen LogP contribution in [0, 0.1) is 16.7 Å². The predicted molar refractivity (Wildman–Crippen MR) is 163 cm³/mol. The summed E-state index contributed by atoms with van der Waals surface area (Å²) in [7, 11) is 0. The number of nitrogens with zero attached hydrogens (tertiary/aromatic N) is 4. The van der Waals surface area contributed by atoms with Crippen LogP contribution in [0.2, 0.25) is 5.02 Å². The first-order valence-electron chi connectivity index (χ1n) is 13.3. The Bertz CT molecular complexity index is 1750. The first-order valence-corrected chi connectivity index (χ1v) is 14.5. The van der Waals surface area contributed by atoms with Crippen molar-refractivity contribution in [1.29, 1.82) is 5.26 Å². The fourth-order valence-corrected chi connectivity index (χ4v) is 6.13. The standard InChI is InChI=1S/C29H30ClN9OS/c1-28(2,3)14-34-23-16(11-31)12-33-24-19(23)9-17(10-20(24)30)36-25(18-5-4-6-21-26(18)41-15-35-21)22-13-39(38-37-22)29(7-8-29)27(32)40/h4-6,9-10,12-13,15,25,36-38H,7-8,14H2,1-3H3,(H2,32,40)(H,33,34)/t25-/m0/s1. The Hall–Kier alpha value is -4.11. The molecule has 4 aromatic rings. The number of nitrogens with one attached hydrogen (secondary N) is 4. The summed E-state index contributed by atoms with van der Waals surface area (Å²) >= 11 is 8.35. The van der Waals surface area contributed by atoms with E-state index in [-0.39, 0.29) is 17.4 Å². The minimum absolute atomic E-state index is 0.0101. The number of pyridine rings is 1. The largest absolute Gasteiger partial charge is 0.383 e. The average Bonchev–Trinajstić information content (AvgIpc) is 3.35. The summed E-state index contributed by atoms with van der Waals surface area (Å²) in [5.74, 6) is -0.365. The molecule has 6 rings (SSSR count). The molecule has 1 aliphatic heterocycles. The SMILES string of the molecule is CC(C)(C)CNc1c(C#N)cnc2c(Cl)cc(N[C@H](C3=CN(C4(C(N)=O)CC4)NN3)c3cccc4ncsc34)cc12. The van der Waals surface area contributed by atoms with Gasteiger partial charge in [0.15, 0.2) is 0 Å². The number of aromatic nitrogens is 2. The molecular formula is C29H30ClN9OS. The van der Waals surface area contributed by atoms with Gasteiger partial charge >= 0.3 is 0 Å². The number of anilines is 2. The second-order valence-electron chi connectivity index (χ2n) is 11.6. The molecule has 12 heteroatoms. The Morgan fingerprint density at radius 3 is 2.83 bits per heavy atom. The van der Waals surface area contributed by atoms with Gasteiger partial charge in [0, 0.05) is 30.0 Å². The third-order valence-corrected chi connectivity index (χ3v) is 8.57. The van der Waals surface area contributed by atoms with E-state index in [0.717, 1.165) is 32.6 Å². The van der Waals surface area contributed by atoms with Gasteiger partial charge < -0.3 is 21.8 Å². The van der Waals surface area contributed by atoms with Crippen LogP contribution in [-0.2, 0) is 4.79 Å². The summed E-state index contributed by atoms with van der Waals surface area (Å²) in [5, 5.41) is 19.9. The highest BCUT2D eigenvalue weighted by Crippen LogP contribution is 2.43. The normalized spacial score (nSPS) is 16.7. The monoisotopic (exact) mass is 587 g/mol. The molecule has 2 aromatic carbocycles. The van der Waals surface area contributed by atoms with Crippen molar-refractivity contribution in [3.8, 4) is 6.07 Å². The van der Waals surface area contributed by atoms with Gasteiger partial charge in [-0.1, -0.05) is 44.5 Å². The summed E-state index contributed by atoms with van der Waals surface area (Å²) < 4.78 is 1.04. The van der Waals surface area contributed by atoms with Crippen molar-refractivity contribution in [2.24, 2.45) is 11.1 Å². The van der Waals surface area contributed by atoms with Gasteiger partial charge in [-0.15, -0.1) is 16.9 Å². The van der Waals surface area contributed by atoms with Crippen molar-refractivity contribution < 1.29 is 4.79 Å². The fraction of sp³-hybridized carbons (Fsp3) is 0.310. The zero-order chi connectivity index (χ0) is 28.9. The molecule has 0 spiro atoms. The lowest BCUT2D eigenvalue weighted by Gasteiger charge is -2.24. The molecule has 3 heterocycles. The smallest absolute Gasteiger partial charge is 0.244 e. The molecular weight excluding hydrogens is 558 g/mol. The van der Waals surface area contributed by atoms with Crippen molar-refractivity contribution in [2.45, 2.75) is 45.2 Å². The van der Waals surface area contributed by atoms with Crippen molar-refractivity contribution in [2.75, 3.05) is 17.2 Å². The number of halogens is 1. The fourth-order valence-electron chi connectivity index (χ4n) is 5.03. The Morgan fingerprint density at radius 2 is 2.12 bits per heavy atom. The maximum Gasteiger partial charge on any atom is 0.244 e. The molecule has 10 nitrogen and oxygen atoms in total. The van der Waals surface area contributed by atoms with E-state index in [1.807, 2.05) is 36.0 Å². The molecule has 0 unspecified atom stereocenters. The molecule has 2 aromatic heterocycles. The lowest BCUT2D eigenvalue weighted by atomic mass is 9.96. The van der Waals surface area contributed by atoms with Crippen LogP contribution < -0.4 is 27.3 Å². The van der Waals surface area contributed by atoms with E-state index in [9.17, 15) is 10.1 Å². The molecule has 0 saturated heterocycles. The molecule has 1 amide bonds. The van der Waals surface area contributed by atoms with Crippen LogP contribution in [0.4, 0.5) is 11.4 Å². The molecule has 1 saturated carbocycles. The Kier molecular flexibility index (Phi) is 6.65. The van der Waals surface area contributed by atoms with Gasteiger partial charge in [0.05, 0.1) is 49.3 Å². The van der Waals surface area contributed by atoms with E-state index in [4.69, 9.17) is 17.3 Å². The number of rotatable bonds is 8. The van der Waals surface area contributed by atoms with E-state index in [0.29, 0.717) is 41.2 Å². The lowest BCUT2D eigenvalue weighted by Crippen LogP contribution is -2.51. The van der Waals surface area contributed by atoms with Gasteiger partial charge in [-0.05, 0) is 42.0 Å². The zero-order valence-electron chi connectivity index (χ0n) is 22.9. The predicted octanol–water partition coefficient (Wildman–Crippen LogP) is 5.16. The summed E-state index contributed by atoms with van der Waals surface area (Å²) in [5.41, 5.74) is 18.4. The summed E-state index contributed by atoms with van der Waals surface area (Å²) in [4.78, 5) is 21.2. The van der Waals surface area contributed by atoms with Crippen molar-refractivity contribution in [1.82, 2.24) is 25.9 Å². The molecule has 2 aliphatic rings. The zero-order valence-corrected chi connectivity index (χ0v) is 24.5. The van der Waals surface area contributed by atoms with Crippen molar-refractivity contribution >= 4 is 61.3 Å². The molecule has 6 N–H and O–H groups in total. The average molecular weight is 588 g/mol. The van der Waals surface area contributed by atoms with Crippen molar-refractivity contribution in [3.63, 3.8) is 0 Å². The number of hydrazine groups is 2. The first-order chi connectivity index (χ1) is 19.6. The minimum atomic E-state index is -0.741. The van der Waals surface area contributed by atoms with E-state index in [2.05, 4.69) is 64.5 Å². The van der Waals surface area contributed by atoms with E-state index in [1.54, 1.807) is 22.5 Å². The van der Waals surface area contributed by atoms with Crippen LogP contribution in [0.3, 0.4) is 0 Å². The van der Waals surface area contributed by atoms with Crippen LogP contribution >= 0.6 is 22.9 Å². The number of hydrogen-bond donors (Lipinski definition) is 5. The number of carbonyl (C=O) groups excluding carboxylic acids is 1. The highest BCUT2D eigenvalue weighted by molar-refractivity contribution is 7.17. The van der Waals surface area contributed by atoms with Gasteiger partial charge in [-0.3, -0.25) is 14.8 Å². The second-order valence-corrected chi connectivity index (χ2v) is 12.9. The maximum absolute atomic E-state index is 12.2. The highest BCUT2D eigenvalue weighted by atomic mass is 35.5. The highest BCUT2D eigenvalue weighted by Gasteiger charge is 2.54. The molecule has 0 radical (unpaired) electrons. The first kappa shape index (κ1) is 27.1. The second kappa shape index (κ2) is 10.1. The number of benzene rings is 2. The van der Waals surface area contributed by atoms with Gasteiger partial charge in [0.25, 0.3) is 0 Å². The van der Waals surface area contributed by atoms with E-state index >= 15 is 0 Å². The Morgan fingerprint density at radius 1 is 1.32 bits per heavy atom. The molecule has 1 aliphatic carbocycles. The molecule has 0 bridgehead atoms. The van der Waals surface area contributed by atoms with E-state index in [1.165, 1.54) is 0 Å². The lowest BCUT2D eigenvalue weighted by molar-refractivity contribution is -0.124. The molecule has 1 fully saturated rings. The molecule has 41 heavy (non-hydrogen) atoms. The molecule has 210 valence electrons. The number of nitriles is 1. The number of primary amides is 1. The summed E-state index contributed by atoms with van der Waals surface area (Å²) in [6.45, 7) is 7.04. The van der Waals surface area contributed by atoms with Crippen LogP contribution in [-0.4, -0.2) is 33.0 Å². The quantitative estimate of drug-likeness (QED) is 0.189. The molecule has 1 atom stereocenters. The maximum atomic E-state index is 12.2. The van der Waals surface area contributed by atoms with Crippen molar-refractivity contribution in [3.05, 3.63) is 70.1 Å². The number of fused-ring (bicyclic) bond motifs is 2. The van der Waals surface area contributed by atoms with Crippen LogP contribution in [0.25, 0.3) is 21.1 Å². The number of amides is 1. The van der Waals surface area contributed by atoms with Gasteiger partial charge in [0.1, 0.15) is 11.6 Å². The van der Waals surface area contributed by atoms with Gasteiger partial charge in [-0.25, -0.2) is 4.98 Å². The minimum Gasteiger partial charge on any atom is -0.383 e. The number of thiazole rings is 1. The Balaban J connectivity index is 1.45. The summed E-state index contributed by atoms with van der Waals surface area (Å²) in [6, 6.07) is 11.7. The summed E-state index contributed by atoms with van der Waals surface area (Å²) in [6.07, 6.45) is 4.81. The number of carbonyl (C=O) groups is 1. The van der Waals surface area contributed by atoms with Gasteiger partial charge in [0.2, 0.25) is 5.91 Å². The third kappa shape index (κ3) is 4.99. The number of hydrogen-bond acceptors (Lipinski definition) is 10. The van der Waals surface area contributed by atoms with Crippen LogP contribution in [0.1, 0.15) is 50.8 Å². The Labute approximate surface area is 246 Å². The third-order valence-electron chi connectivity index (χ3n) is 7.39. The van der Waals surface area contributed by atoms with Crippen LogP contribution in [0.15, 0.2) is 53.9 Å². The number of nitrogens with two attached hydrogens (primary N) is 1. The topological polar surface area (TPSA) is 144 Å². The van der Waals surface area contributed by atoms with Crippen LogP contribution in [0.5, 0.6) is 0 Å². The van der Waals surface area contributed by atoms with E-state index < -0.39 is 5.54 Å².